The minimum atomic E-state index is -4.97. The predicted molar refractivity (Wildman–Crippen MR) is 105 cm³/mol. The predicted octanol–water partition coefficient (Wildman–Crippen LogP) is 4.64. The zero-order valence-corrected chi connectivity index (χ0v) is 16.5. The minimum absolute atomic E-state index is 0.0302. The molecule has 0 unspecified atom stereocenters. The summed E-state index contributed by atoms with van der Waals surface area (Å²) in [5.41, 5.74) is -1.78. The number of amides is 2. The average Bonchev–Trinajstić information content (AvgIpc) is 2.67. The molecule has 0 fully saturated rings. The number of carbonyl (C=O) groups excluding carboxylic acids is 2. The Morgan fingerprint density at radius 2 is 1.75 bits per heavy atom. The summed E-state index contributed by atoms with van der Waals surface area (Å²) in [7, 11) is 0. The second-order valence-corrected chi connectivity index (χ2v) is 6.59. The lowest BCUT2D eigenvalue weighted by molar-refractivity contribution is -0.140. The summed E-state index contributed by atoms with van der Waals surface area (Å²) in [6.45, 7) is 1.22. The molecule has 0 spiro atoms. The molecule has 0 aliphatic heterocycles. The van der Waals surface area contributed by atoms with Crippen LogP contribution in [-0.2, 0) is 22.2 Å². The molecule has 0 saturated heterocycles. The quantitative estimate of drug-likeness (QED) is 0.454. The standard InChI is InChI=1S/C21H15F5N4O2/c1-12(31)30(15-6-8-27-17(23)11-15)18-10-14(5-7-28-18)29-19(32)9-13-3-2-4-16(22)20(13)21(24,25)26/h2-8,10-11H,9H2,1H3,(H,28,29,32). The van der Waals surface area contributed by atoms with Crippen molar-refractivity contribution < 1.29 is 31.5 Å². The second kappa shape index (κ2) is 9.08. The van der Waals surface area contributed by atoms with Gasteiger partial charge in [0, 0.05) is 37.1 Å². The average molecular weight is 450 g/mol. The number of halogens is 5. The van der Waals surface area contributed by atoms with Crippen LogP contribution >= 0.6 is 0 Å². The van der Waals surface area contributed by atoms with E-state index in [9.17, 15) is 31.5 Å². The maximum absolute atomic E-state index is 13.7. The molecule has 3 aromatic rings. The van der Waals surface area contributed by atoms with Crippen molar-refractivity contribution in [2.75, 3.05) is 10.2 Å². The molecule has 0 aliphatic rings. The Hall–Kier alpha value is -3.89. The van der Waals surface area contributed by atoms with Gasteiger partial charge in [-0.15, -0.1) is 0 Å². The van der Waals surface area contributed by atoms with E-state index < -0.39 is 47.3 Å². The minimum Gasteiger partial charge on any atom is -0.326 e. The van der Waals surface area contributed by atoms with Gasteiger partial charge < -0.3 is 5.32 Å². The third kappa shape index (κ3) is 5.23. The van der Waals surface area contributed by atoms with Gasteiger partial charge in [-0.05, 0) is 23.8 Å². The topological polar surface area (TPSA) is 75.2 Å². The lowest BCUT2D eigenvalue weighted by atomic mass is 10.0. The fraction of sp³-hybridized carbons (Fsp3) is 0.143. The zero-order chi connectivity index (χ0) is 23.5. The van der Waals surface area contributed by atoms with Crippen molar-refractivity contribution in [3.05, 3.63) is 77.8 Å². The number of aromatic nitrogens is 2. The van der Waals surface area contributed by atoms with E-state index in [1.807, 2.05) is 0 Å². The first-order valence-electron chi connectivity index (χ1n) is 9.09. The molecule has 11 heteroatoms. The molecule has 0 radical (unpaired) electrons. The number of hydrogen-bond donors (Lipinski definition) is 1. The van der Waals surface area contributed by atoms with Crippen LogP contribution in [-0.4, -0.2) is 21.8 Å². The number of nitrogens with zero attached hydrogens (tertiary/aromatic N) is 3. The van der Waals surface area contributed by atoms with Crippen molar-refractivity contribution in [1.29, 1.82) is 0 Å². The molecule has 166 valence electrons. The van der Waals surface area contributed by atoms with Crippen LogP contribution in [0.3, 0.4) is 0 Å². The van der Waals surface area contributed by atoms with Crippen LogP contribution in [0.15, 0.2) is 54.9 Å². The summed E-state index contributed by atoms with van der Waals surface area (Å²) in [6.07, 6.45) is -3.30. The van der Waals surface area contributed by atoms with Gasteiger partial charge in [-0.25, -0.2) is 14.4 Å². The number of alkyl halides is 3. The Morgan fingerprint density at radius 3 is 2.41 bits per heavy atom. The highest BCUT2D eigenvalue weighted by molar-refractivity contribution is 5.99. The number of anilines is 3. The number of rotatable bonds is 5. The molecule has 2 heterocycles. The van der Waals surface area contributed by atoms with Gasteiger partial charge in [0.15, 0.2) is 0 Å². The first kappa shape index (κ1) is 22.8. The van der Waals surface area contributed by atoms with Crippen molar-refractivity contribution in [2.45, 2.75) is 19.5 Å². The monoisotopic (exact) mass is 450 g/mol. The zero-order valence-electron chi connectivity index (χ0n) is 16.5. The van der Waals surface area contributed by atoms with E-state index in [1.54, 1.807) is 0 Å². The van der Waals surface area contributed by atoms with Crippen molar-refractivity contribution in [2.24, 2.45) is 0 Å². The summed E-state index contributed by atoms with van der Waals surface area (Å²) in [6, 6.07) is 7.78. The van der Waals surface area contributed by atoms with E-state index in [1.165, 1.54) is 31.3 Å². The molecule has 1 N–H and O–H groups in total. The van der Waals surface area contributed by atoms with E-state index in [0.29, 0.717) is 6.07 Å². The lowest BCUT2D eigenvalue weighted by Crippen LogP contribution is -2.24. The summed E-state index contributed by atoms with van der Waals surface area (Å²) >= 11 is 0. The van der Waals surface area contributed by atoms with Crippen molar-refractivity contribution in [1.82, 2.24) is 9.97 Å². The van der Waals surface area contributed by atoms with E-state index in [2.05, 4.69) is 15.3 Å². The largest absolute Gasteiger partial charge is 0.419 e. The summed E-state index contributed by atoms with van der Waals surface area (Å²) in [5, 5.41) is 2.39. The third-order valence-corrected chi connectivity index (χ3v) is 4.28. The van der Waals surface area contributed by atoms with Gasteiger partial charge in [0.25, 0.3) is 0 Å². The lowest BCUT2D eigenvalue weighted by Gasteiger charge is -2.20. The third-order valence-electron chi connectivity index (χ3n) is 4.28. The van der Waals surface area contributed by atoms with Gasteiger partial charge in [0.1, 0.15) is 11.6 Å². The number of benzene rings is 1. The van der Waals surface area contributed by atoms with Crippen molar-refractivity contribution in [3.63, 3.8) is 0 Å². The molecule has 6 nitrogen and oxygen atoms in total. The van der Waals surface area contributed by atoms with Gasteiger partial charge in [-0.3, -0.25) is 14.5 Å². The molecule has 2 amide bonds. The molecular weight excluding hydrogens is 435 g/mol. The highest BCUT2D eigenvalue weighted by Crippen LogP contribution is 2.34. The Kier molecular flexibility index (Phi) is 6.47. The normalized spacial score (nSPS) is 11.2. The highest BCUT2D eigenvalue weighted by Gasteiger charge is 2.37. The van der Waals surface area contributed by atoms with Gasteiger partial charge >= 0.3 is 6.18 Å². The van der Waals surface area contributed by atoms with Crippen LogP contribution in [0.2, 0.25) is 0 Å². The summed E-state index contributed by atoms with van der Waals surface area (Å²) in [4.78, 5) is 33.0. The first-order chi connectivity index (χ1) is 15.1. The molecule has 0 atom stereocenters. The molecule has 0 saturated carbocycles. The van der Waals surface area contributed by atoms with E-state index in [0.717, 1.165) is 29.3 Å². The number of nitrogens with one attached hydrogen (secondary N) is 1. The van der Waals surface area contributed by atoms with E-state index in [-0.39, 0.29) is 17.2 Å². The fourth-order valence-corrected chi connectivity index (χ4v) is 3.04. The Morgan fingerprint density at radius 1 is 1.03 bits per heavy atom. The summed E-state index contributed by atoms with van der Waals surface area (Å²) in [5.74, 6) is -3.63. The molecule has 2 aromatic heterocycles. The van der Waals surface area contributed by atoms with E-state index in [4.69, 9.17) is 0 Å². The Balaban J connectivity index is 1.84. The van der Waals surface area contributed by atoms with E-state index >= 15 is 0 Å². The Labute approximate surface area is 178 Å². The fourth-order valence-electron chi connectivity index (χ4n) is 3.04. The maximum Gasteiger partial charge on any atom is 0.419 e. The van der Waals surface area contributed by atoms with Gasteiger partial charge in [0.05, 0.1) is 17.7 Å². The number of carbonyl (C=O) groups is 2. The smallest absolute Gasteiger partial charge is 0.326 e. The van der Waals surface area contributed by atoms with Gasteiger partial charge in [-0.2, -0.15) is 17.6 Å². The van der Waals surface area contributed by atoms with Crippen molar-refractivity contribution >= 4 is 29.0 Å². The van der Waals surface area contributed by atoms with Gasteiger partial charge in [0.2, 0.25) is 17.8 Å². The van der Waals surface area contributed by atoms with Crippen LogP contribution in [0.25, 0.3) is 0 Å². The second-order valence-electron chi connectivity index (χ2n) is 6.59. The SMILES string of the molecule is CC(=O)N(c1ccnc(F)c1)c1cc(NC(=O)Cc2cccc(F)c2C(F)(F)F)ccn1. The molecular formula is C21H15F5N4O2. The molecule has 0 bridgehead atoms. The molecule has 0 aliphatic carbocycles. The van der Waals surface area contributed by atoms with Crippen LogP contribution in [0, 0.1) is 11.8 Å². The van der Waals surface area contributed by atoms with Crippen LogP contribution in [0.5, 0.6) is 0 Å². The van der Waals surface area contributed by atoms with Crippen LogP contribution in [0.4, 0.5) is 39.1 Å². The summed E-state index contributed by atoms with van der Waals surface area (Å²) < 4.78 is 66.6. The maximum atomic E-state index is 13.7. The van der Waals surface area contributed by atoms with Crippen molar-refractivity contribution in [3.8, 4) is 0 Å². The highest BCUT2D eigenvalue weighted by atomic mass is 19.4. The molecule has 32 heavy (non-hydrogen) atoms. The van der Waals surface area contributed by atoms with Crippen LogP contribution in [0.1, 0.15) is 18.1 Å². The molecule has 1 aromatic carbocycles. The Bertz CT molecular complexity index is 1170. The van der Waals surface area contributed by atoms with Gasteiger partial charge in [-0.1, -0.05) is 12.1 Å². The number of hydrogen-bond acceptors (Lipinski definition) is 4. The first-order valence-corrected chi connectivity index (χ1v) is 9.09. The van der Waals surface area contributed by atoms with Crippen LogP contribution < -0.4 is 10.2 Å². The molecule has 3 rings (SSSR count). The number of pyridine rings is 2.